The predicted molar refractivity (Wildman–Crippen MR) is 88.7 cm³/mol. The number of carbonyl (C=O) groups excluding carboxylic acids is 2. The Balaban J connectivity index is 1.87. The summed E-state index contributed by atoms with van der Waals surface area (Å²) in [5, 5.41) is 2.79. The molecule has 0 radical (unpaired) electrons. The predicted octanol–water partition coefficient (Wildman–Crippen LogP) is 2.13. The van der Waals surface area contributed by atoms with Crippen LogP contribution < -0.4 is 10.1 Å². The lowest BCUT2D eigenvalue weighted by atomic mass is 10.1. The van der Waals surface area contributed by atoms with E-state index in [0.717, 1.165) is 11.3 Å². The maximum absolute atomic E-state index is 12.0. The summed E-state index contributed by atoms with van der Waals surface area (Å²) in [5.74, 6) is 0.231. The van der Waals surface area contributed by atoms with Gasteiger partial charge in [-0.05, 0) is 36.8 Å². The van der Waals surface area contributed by atoms with Crippen molar-refractivity contribution >= 4 is 11.9 Å². The third kappa shape index (κ3) is 5.08. The average Bonchev–Trinajstić information content (AvgIpc) is 2.61. The lowest BCUT2D eigenvalue weighted by molar-refractivity contribution is -0.120. The van der Waals surface area contributed by atoms with Crippen LogP contribution in [0.1, 0.15) is 28.5 Å². The molecule has 126 valence electrons. The fourth-order valence-electron chi connectivity index (χ4n) is 2.13. The number of hydrogen-bond donors (Lipinski definition) is 1. The molecule has 6 heteroatoms. The first-order valence-corrected chi connectivity index (χ1v) is 7.64. The number of rotatable bonds is 7. The van der Waals surface area contributed by atoms with Gasteiger partial charge < -0.3 is 14.8 Å². The molecule has 0 aliphatic heterocycles. The molecule has 6 nitrogen and oxygen atoms in total. The number of carbonyl (C=O) groups is 2. The monoisotopic (exact) mass is 328 g/mol. The number of nitrogens with zero attached hydrogens (tertiary/aromatic N) is 1. The Kier molecular flexibility index (Phi) is 6.31. The number of esters is 1. The van der Waals surface area contributed by atoms with Crippen molar-refractivity contribution in [2.24, 2.45) is 0 Å². The molecule has 1 amide bonds. The molecule has 2 aromatic rings. The van der Waals surface area contributed by atoms with Crippen molar-refractivity contribution in [3.8, 4) is 5.75 Å². The highest BCUT2D eigenvalue weighted by Crippen LogP contribution is 2.12. The second-order valence-electron chi connectivity index (χ2n) is 5.06. The number of benzene rings is 1. The Morgan fingerprint density at radius 3 is 2.58 bits per heavy atom. The highest BCUT2D eigenvalue weighted by Gasteiger charge is 2.08. The maximum Gasteiger partial charge on any atom is 0.337 e. The number of nitrogens with one attached hydrogen (secondary N) is 1. The van der Waals surface area contributed by atoms with Crippen LogP contribution in [-0.4, -0.2) is 30.6 Å². The van der Waals surface area contributed by atoms with E-state index in [1.807, 2.05) is 31.2 Å². The molecule has 2 rings (SSSR count). The summed E-state index contributed by atoms with van der Waals surface area (Å²) >= 11 is 0. The second kappa shape index (κ2) is 8.67. The van der Waals surface area contributed by atoms with Crippen LogP contribution in [0.15, 0.2) is 42.6 Å². The van der Waals surface area contributed by atoms with Gasteiger partial charge >= 0.3 is 5.97 Å². The summed E-state index contributed by atoms with van der Waals surface area (Å²) in [6.45, 7) is 2.78. The van der Waals surface area contributed by atoms with Crippen LogP contribution in [0.4, 0.5) is 0 Å². The van der Waals surface area contributed by atoms with Crippen molar-refractivity contribution in [1.82, 2.24) is 10.3 Å². The summed E-state index contributed by atoms with van der Waals surface area (Å²) in [6, 6.07) is 10.6. The summed E-state index contributed by atoms with van der Waals surface area (Å²) in [4.78, 5) is 27.6. The molecule has 0 saturated carbocycles. The van der Waals surface area contributed by atoms with Gasteiger partial charge in [-0.1, -0.05) is 12.1 Å². The van der Waals surface area contributed by atoms with Crippen LogP contribution in [0, 0.1) is 0 Å². The summed E-state index contributed by atoms with van der Waals surface area (Å²) < 4.78 is 10.0. The van der Waals surface area contributed by atoms with Gasteiger partial charge in [-0.15, -0.1) is 0 Å². The zero-order valence-electron chi connectivity index (χ0n) is 13.7. The Hall–Kier alpha value is -2.89. The van der Waals surface area contributed by atoms with Crippen molar-refractivity contribution in [3.63, 3.8) is 0 Å². The first kappa shape index (κ1) is 17.5. The minimum atomic E-state index is -0.431. The van der Waals surface area contributed by atoms with Crippen LogP contribution in [-0.2, 0) is 22.5 Å². The van der Waals surface area contributed by atoms with Gasteiger partial charge in [0, 0.05) is 6.20 Å². The molecule has 0 atom stereocenters. The third-order valence-corrected chi connectivity index (χ3v) is 3.30. The molecule has 0 bridgehead atoms. The molecule has 0 aliphatic carbocycles. The van der Waals surface area contributed by atoms with Crippen LogP contribution >= 0.6 is 0 Å². The Labute approximate surface area is 140 Å². The molecule has 1 aromatic heterocycles. The molecule has 24 heavy (non-hydrogen) atoms. The Morgan fingerprint density at radius 1 is 1.17 bits per heavy atom. The van der Waals surface area contributed by atoms with Crippen molar-refractivity contribution < 1.29 is 19.1 Å². The topological polar surface area (TPSA) is 77.5 Å². The van der Waals surface area contributed by atoms with Gasteiger partial charge in [-0.2, -0.15) is 0 Å². The first-order chi connectivity index (χ1) is 11.6. The van der Waals surface area contributed by atoms with Crippen molar-refractivity contribution in [3.05, 3.63) is 59.4 Å². The lowest BCUT2D eigenvalue weighted by Gasteiger charge is -2.07. The molecular weight excluding hydrogens is 308 g/mol. The zero-order chi connectivity index (χ0) is 17.4. The fourth-order valence-corrected chi connectivity index (χ4v) is 2.13. The van der Waals surface area contributed by atoms with Gasteiger partial charge in [-0.25, -0.2) is 4.79 Å². The third-order valence-electron chi connectivity index (χ3n) is 3.30. The van der Waals surface area contributed by atoms with Gasteiger partial charge in [0.05, 0.1) is 37.9 Å². The molecule has 0 unspecified atom stereocenters. The SMILES string of the molecule is CCOc1ccc(CC(=O)NCc2cc(C(=O)OC)ccn2)cc1. The number of pyridine rings is 1. The van der Waals surface area contributed by atoms with Gasteiger partial charge in [-0.3, -0.25) is 9.78 Å². The van der Waals surface area contributed by atoms with Crippen LogP contribution in [0.25, 0.3) is 0 Å². The molecule has 1 heterocycles. The van der Waals surface area contributed by atoms with E-state index in [0.29, 0.717) is 17.9 Å². The minimum Gasteiger partial charge on any atom is -0.494 e. The number of aromatic nitrogens is 1. The van der Waals surface area contributed by atoms with Crippen LogP contribution in [0.5, 0.6) is 5.75 Å². The average molecular weight is 328 g/mol. The molecular formula is C18H20N2O4. The smallest absolute Gasteiger partial charge is 0.337 e. The van der Waals surface area contributed by atoms with Gasteiger partial charge in [0.15, 0.2) is 0 Å². The summed E-state index contributed by atoms with van der Waals surface area (Å²) in [5.41, 5.74) is 1.90. The highest BCUT2D eigenvalue weighted by atomic mass is 16.5. The van der Waals surface area contributed by atoms with Gasteiger partial charge in [0.25, 0.3) is 0 Å². The van der Waals surface area contributed by atoms with Crippen molar-refractivity contribution in [2.45, 2.75) is 19.9 Å². The molecule has 0 aliphatic rings. The van der Waals surface area contributed by atoms with E-state index in [1.54, 1.807) is 12.1 Å². The van der Waals surface area contributed by atoms with E-state index in [9.17, 15) is 9.59 Å². The molecule has 1 aromatic carbocycles. The Morgan fingerprint density at radius 2 is 1.92 bits per heavy atom. The Bertz CT molecular complexity index is 698. The maximum atomic E-state index is 12.0. The number of hydrogen-bond acceptors (Lipinski definition) is 5. The summed E-state index contributed by atoms with van der Waals surface area (Å²) in [6.07, 6.45) is 1.78. The van der Waals surface area contributed by atoms with E-state index < -0.39 is 5.97 Å². The second-order valence-corrected chi connectivity index (χ2v) is 5.06. The molecule has 0 fully saturated rings. The highest BCUT2D eigenvalue weighted by molar-refractivity contribution is 5.89. The zero-order valence-corrected chi connectivity index (χ0v) is 13.7. The quantitative estimate of drug-likeness (QED) is 0.788. The largest absolute Gasteiger partial charge is 0.494 e. The molecule has 1 N–H and O–H groups in total. The van der Waals surface area contributed by atoms with Gasteiger partial charge in [0.1, 0.15) is 5.75 Å². The molecule has 0 spiro atoms. The van der Waals surface area contributed by atoms with E-state index >= 15 is 0 Å². The summed E-state index contributed by atoms with van der Waals surface area (Å²) in [7, 11) is 1.32. The fraction of sp³-hybridized carbons (Fsp3) is 0.278. The van der Waals surface area contributed by atoms with Crippen LogP contribution in [0.3, 0.4) is 0 Å². The normalized spacial score (nSPS) is 10.1. The number of methoxy groups -OCH3 is 1. The minimum absolute atomic E-state index is 0.121. The van der Waals surface area contributed by atoms with E-state index in [1.165, 1.54) is 13.3 Å². The lowest BCUT2D eigenvalue weighted by Crippen LogP contribution is -2.25. The van der Waals surface area contributed by atoms with E-state index in [-0.39, 0.29) is 18.9 Å². The number of amides is 1. The van der Waals surface area contributed by atoms with Gasteiger partial charge in [0.2, 0.25) is 5.91 Å². The van der Waals surface area contributed by atoms with E-state index in [4.69, 9.17) is 4.74 Å². The van der Waals surface area contributed by atoms with Crippen molar-refractivity contribution in [2.75, 3.05) is 13.7 Å². The first-order valence-electron chi connectivity index (χ1n) is 7.64. The standard InChI is InChI=1S/C18H20N2O4/c1-3-24-16-6-4-13(5-7-16)10-17(21)20-12-15-11-14(8-9-19-15)18(22)23-2/h4-9,11H,3,10,12H2,1-2H3,(H,20,21). The number of ether oxygens (including phenoxy) is 2. The van der Waals surface area contributed by atoms with E-state index in [2.05, 4.69) is 15.0 Å². The van der Waals surface area contributed by atoms with Crippen molar-refractivity contribution in [1.29, 1.82) is 0 Å². The molecule has 0 saturated heterocycles. The van der Waals surface area contributed by atoms with Crippen LogP contribution in [0.2, 0.25) is 0 Å².